The monoisotopic (exact) mass is 650 g/mol. The molecule has 0 unspecified atom stereocenters. The lowest BCUT2D eigenvalue weighted by atomic mass is 10.0. The van der Waals surface area contributed by atoms with Gasteiger partial charge < -0.3 is 18.9 Å². The molecule has 0 radical (unpaired) electrons. The van der Waals surface area contributed by atoms with Crippen molar-refractivity contribution in [2.24, 2.45) is 0 Å². The van der Waals surface area contributed by atoms with Crippen LogP contribution in [-0.2, 0) is 9.47 Å². The average molecular weight is 651 g/mol. The van der Waals surface area contributed by atoms with Gasteiger partial charge in [0, 0.05) is 0 Å². The number of alkyl halides is 5. The fourth-order valence-electron chi connectivity index (χ4n) is 4.34. The molecule has 0 heterocycles. The van der Waals surface area contributed by atoms with E-state index in [1.807, 2.05) is 0 Å². The Morgan fingerprint density at radius 1 is 0.674 bits per heavy atom. The van der Waals surface area contributed by atoms with Gasteiger partial charge in [-0.2, -0.15) is 22.0 Å². The summed E-state index contributed by atoms with van der Waals surface area (Å²) in [5.74, 6) is -5.26. The Morgan fingerprint density at radius 2 is 1.17 bits per heavy atom. The first-order valence-electron chi connectivity index (χ1n) is 15.3. The Hall–Kier alpha value is -3.99. The van der Waals surface area contributed by atoms with Crippen LogP contribution >= 0.6 is 0 Å². The molecule has 1 atom stereocenters. The van der Waals surface area contributed by atoms with Crippen molar-refractivity contribution in [3.63, 3.8) is 0 Å². The fourth-order valence-corrected chi connectivity index (χ4v) is 4.34. The van der Waals surface area contributed by atoms with E-state index in [1.165, 1.54) is 51.2 Å². The summed E-state index contributed by atoms with van der Waals surface area (Å²) in [6, 6.07) is 19.8. The minimum Gasteiger partial charge on any atom is -0.494 e. The van der Waals surface area contributed by atoms with Gasteiger partial charge in [-0.25, -0.2) is 9.59 Å². The molecule has 0 bridgehead atoms. The molecule has 0 amide bonds. The lowest BCUT2D eigenvalue weighted by Crippen LogP contribution is -2.41. The van der Waals surface area contributed by atoms with Crippen LogP contribution in [0.15, 0.2) is 72.8 Å². The van der Waals surface area contributed by atoms with Crippen LogP contribution < -0.4 is 9.47 Å². The highest BCUT2D eigenvalue weighted by molar-refractivity contribution is 5.91. The summed E-state index contributed by atoms with van der Waals surface area (Å²) in [7, 11) is 0. The molecule has 250 valence electrons. The second kappa shape index (κ2) is 17.6. The molecule has 3 aromatic rings. The van der Waals surface area contributed by atoms with Gasteiger partial charge in [0.15, 0.2) is 0 Å². The Balaban J connectivity index is 1.43. The Kier molecular flexibility index (Phi) is 14.0. The minimum atomic E-state index is -5.73. The number of unbranched alkanes of at least 4 members (excludes halogenated alkanes) is 6. The predicted octanol–water partition coefficient (Wildman–Crippen LogP) is 9.46. The molecule has 0 aliphatic carbocycles. The number of carbonyl (C=O) groups excluding carboxylic acids is 2. The molecule has 0 aliphatic rings. The lowest BCUT2D eigenvalue weighted by molar-refractivity contribution is -0.297. The van der Waals surface area contributed by atoms with Crippen molar-refractivity contribution < 1.29 is 50.5 Å². The van der Waals surface area contributed by atoms with Crippen molar-refractivity contribution in [3.8, 4) is 22.6 Å². The number of carbonyl (C=O) groups is 2. The topological polar surface area (TPSA) is 71.1 Å². The summed E-state index contributed by atoms with van der Waals surface area (Å²) < 4.78 is 83.3. The zero-order valence-electron chi connectivity index (χ0n) is 25.9. The lowest BCUT2D eigenvalue weighted by Gasteiger charge is -2.20. The van der Waals surface area contributed by atoms with Crippen LogP contribution in [0.5, 0.6) is 11.5 Å². The number of hydrogen-bond acceptors (Lipinski definition) is 6. The van der Waals surface area contributed by atoms with Crippen LogP contribution in [0, 0.1) is 0 Å². The molecule has 0 saturated carbocycles. The smallest absolute Gasteiger partial charge is 0.455 e. The molecule has 0 spiro atoms. The van der Waals surface area contributed by atoms with Gasteiger partial charge in [-0.1, -0.05) is 69.7 Å². The van der Waals surface area contributed by atoms with Gasteiger partial charge in [0.25, 0.3) is 0 Å². The van der Waals surface area contributed by atoms with Crippen LogP contribution in [-0.4, -0.2) is 50.0 Å². The summed E-state index contributed by atoms with van der Waals surface area (Å²) in [5, 5.41) is 0. The first-order chi connectivity index (χ1) is 21.9. The minimum absolute atomic E-state index is 0.149. The number of benzene rings is 3. The van der Waals surface area contributed by atoms with Gasteiger partial charge in [0.05, 0.1) is 24.3 Å². The molecule has 3 rings (SSSR count). The van der Waals surface area contributed by atoms with E-state index in [0.29, 0.717) is 23.7 Å². The summed E-state index contributed by atoms with van der Waals surface area (Å²) in [5.41, 5.74) is 2.05. The molecule has 0 fully saturated rings. The third-order valence-electron chi connectivity index (χ3n) is 6.98. The van der Waals surface area contributed by atoms with Gasteiger partial charge in [-0.3, -0.25) is 0 Å². The summed E-state index contributed by atoms with van der Waals surface area (Å²) >= 11 is 0. The number of hydrogen-bond donors (Lipinski definition) is 0. The standard InChI is InChI=1S/C35H39F5O6/c1-3-4-5-6-7-8-9-22-44-30-18-16-29(17-19-30)33(42)46-31-20-14-27(15-21-31)26-10-12-28(13-11-26)32(41)45-25(2)23-43-24-34(36,37)35(38,39)40/h10-21,25H,3-9,22-24H2,1-2H3/t25-/m1/s1. The van der Waals surface area contributed by atoms with Crippen LogP contribution in [0.4, 0.5) is 22.0 Å². The maximum atomic E-state index is 12.9. The highest BCUT2D eigenvalue weighted by atomic mass is 19.4. The number of esters is 2. The Bertz CT molecular complexity index is 1360. The van der Waals surface area contributed by atoms with Gasteiger partial charge in [-0.15, -0.1) is 0 Å². The molecule has 3 aromatic carbocycles. The van der Waals surface area contributed by atoms with E-state index in [0.717, 1.165) is 24.0 Å². The van der Waals surface area contributed by atoms with Crippen molar-refractivity contribution in [2.45, 2.75) is 77.0 Å². The van der Waals surface area contributed by atoms with E-state index < -0.39 is 43.4 Å². The first-order valence-corrected chi connectivity index (χ1v) is 15.3. The Labute approximate surface area is 265 Å². The zero-order chi connectivity index (χ0) is 33.6. The van der Waals surface area contributed by atoms with Gasteiger partial charge in [0.1, 0.15) is 24.2 Å². The van der Waals surface area contributed by atoms with Gasteiger partial charge in [0.2, 0.25) is 0 Å². The second-order valence-corrected chi connectivity index (χ2v) is 10.9. The summed E-state index contributed by atoms with van der Waals surface area (Å²) in [6.07, 6.45) is 1.63. The van der Waals surface area contributed by atoms with Crippen LogP contribution in [0.25, 0.3) is 11.1 Å². The van der Waals surface area contributed by atoms with Gasteiger partial charge in [-0.05, 0) is 73.0 Å². The summed E-state index contributed by atoms with van der Waals surface area (Å²) in [4.78, 5) is 25.0. The zero-order valence-corrected chi connectivity index (χ0v) is 25.9. The molecular formula is C35H39F5O6. The molecule has 0 aromatic heterocycles. The molecule has 11 heteroatoms. The normalized spacial score (nSPS) is 12.4. The third-order valence-corrected chi connectivity index (χ3v) is 6.98. The van der Waals surface area contributed by atoms with Crippen LogP contribution in [0.1, 0.15) is 79.5 Å². The molecule has 0 saturated heterocycles. The van der Waals surface area contributed by atoms with E-state index in [1.54, 1.807) is 60.7 Å². The Morgan fingerprint density at radius 3 is 1.76 bits per heavy atom. The van der Waals surface area contributed by atoms with Crippen molar-refractivity contribution in [3.05, 3.63) is 83.9 Å². The summed E-state index contributed by atoms with van der Waals surface area (Å²) in [6.45, 7) is 1.65. The quantitative estimate of drug-likeness (QED) is 0.0591. The molecule has 6 nitrogen and oxygen atoms in total. The van der Waals surface area contributed by atoms with Gasteiger partial charge >= 0.3 is 24.0 Å². The number of ether oxygens (including phenoxy) is 4. The van der Waals surface area contributed by atoms with Crippen LogP contribution in [0.3, 0.4) is 0 Å². The largest absolute Gasteiger partial charge is 0.494 e. The van der Waals surface area contributed by atoms with Crippen molar-refractivity contribution in [1.82, 2.24) is 0 Å². The van der Waals surface area contributed by atoms with E-state index >= 15 is 0 Å². The van der Waals surface area contributed by atoms with Crippen molar-refractivity contribution >= 4 is 11.9 Å². The predicted molar refractivity (Wildman–Crippen MR) is 163 cm³/mol. The maximum absolute atomic E-state index is 12.9. The van der Waals surface area contributed by atoms with E-state index in [-0.39, 0.29) is 5.56 Å². The highest BCUT2D eigenvalue weighted by Crippen LogP contribution is 2.35. The molecular weight excluding hydrogens is 611 g/mol. The maximum Gasteiger partial charge on any atom is 0.455 e. The van der Waals surface area contributed by atoms with E-state index in [4.69, 9.17) is 14.2 Å². The van der Waals surface area contributed by atoms with Crippen molar-refractivity contribution in [1.29, 1.82) is 0 Å². The molecule has 0 aliphatic heterocycles. The number of rotatable bonds is 18. The molecule has 46 heavy (non-hydrogen) atoms. The van der Waals surface area contributed by atoms with Crippen LogP contribution in [0.2, 0.25) is 0 Å². The highest BCUT2D eigenvalue weighted by Gasteiger charge is 2.57. The van der Waals surface area contributed by atoms with E-state index in [2.05, 4.69) is 11.7 Å². The SMILES string of the molecule is CCCCCCCCCOc1ccc(C(=O)Oc2ccc(-c3ccc(C(=O)O[C@H](C)COCC(F)(F)C(F)(F)F)cc3)cc2)cc1. The third kappa shape index (κ3) is 11.7. The molecule has 0 N–H and O–H groups in total. The second-order valence-electron chi connectivity index (χ2n) is 10.9. The first kappa shape index (κ1) is 36.5. The number of halogens is 5. The fraction of sp³-hybridized carbons (Fsp3) is 0.429. The average Bonchev–Trinajstić information content (AvgIpc) is 3.02. The van der Waals surface area contributed by atoms with E-state index in [9.17, 15) is 31.5 Å². The van der Waals surface area contributed by atoms with Crippen molar-refractivity contribution in [2.75, 3.05) is 19.8 Å².